The van der Waals surface area contributed by atoms with Crippen LogP contribution in [0, 0.1) is 6.92 Å². The molecular formula is C6H8F5. The highest BCUT2D eigenvalue weighted by Gasteiger charge is 2.35. The average molecular weight is 175 g/mol. The van der Waals surface area contributed by atoms with Gasteiger partial charge in [-0.3, -0.25) is 0 Å². The van der Waals surface area contributed by atoms with Gasteiger partial charge in [-0.2, -0.15) is 0 Å². The van der Waals surface area contributed by atoms with Crippen molar-refractivity contribution in [2.45, 2.75) is 31.4 Å². The number of alkyl halides is 5. The van der Waals surface area contributed by atoms with Crippen molar-refractivity contribution in [3.05, 3.63) is 6.92 Å². The van der Waals surface area contributed by atoms with Crippen LogP contribution in [0.2, 0.25) is 0 Å². The smallest absolute Gasteiger partial charge is 0.244 e. The first kappa shape index (κ1) is 10.7. The lowest BCUT2D eigenvalue weighted by Gasteiger charge is -2.14. The zero-order chi connectivity index (χ0) is 9.02. The summed E-state index contributed by atoms with van der Waals surface area (Å²) in [5.41, 5.74) is 0. The third-order valence-electron chi connectivity index (χ3n) is 1.17. The minimum atomic E-state index is -3.48. The van der Waals surface area contributed by atoms with Crippen LogP contribution in [0.3, 0.4) is 0 Å². The summed E-state index contributed by atoms with van der Waals surface area (Å²) in [4.78, 5) is 0. The van der Waals surface area contributed by atoms with Gasteiger partial charge in [0.15, 0.2) is 12.3 Å². The molecule has 0 saturated carbocycles. The van der Waals surface area contributed by atoms with Gasteiger partial charge in [-0.15, -0.1) is 0 Å². The van der Waals surface area contributed by atoms with Gasteiger partial charge in [0, 0.05) is 0 Å². The number of halogens is 5. The topological polar surface area (TPSA) is 0 Å². The first-order valence-electron chi connectivity index (χ1n) is 3.00. The molecule has 0 aromatic rings. The fourth-order valence-corrected chi connectivity index (χ4v) is 0.498. The minimum absolute atomic E-state index is 0.547. The molecule has 3 atom stereocenters. The summed E-state index contributed by atoms with van der Waals surface area (Å²) >= 11 is 0. The fraction of sp³-hybridized carbons (Fsp3) is 0.833. The van der Waals surface area contributed by atoms with E-state index in [0.717, 1.165) is 0 Å². The van der Waals surface area contributed by atoms with E-state index < -0.39 is 31.4 Å². The molecule has 0 rings (SSSR count). The molecule has 0 fully saturated rings. The van der Waals surface area contributed by atoms with E-state index in [9.17, 15) is 22.0 Å². The zero-order valence-corrected chi connectivity index (χ0v) is 5.61. The van der Waals surface area contributed by atoms with Crippen molar-refractivity contribution in [2.24, 2.45) is 0 Å². The van der Waals surface area contributed by atoms with E-state index in [1.54, 1.807) is 0 Å². The Kier molecular flexibility index (Phi) is 4.37. The van der Waals surface area contributed by atoms with Crippen molar-refractivity contribution >= 4 is 0 Å². The molecular weight excluding hydrogens is 167 g/mol. The summed E-state index contributed by atoms with van der Waals surface area (Å²) < 4.78 is 59.0. The predicted molar refractivity (Wildman–Crippen MR) is 30.7 cm³/mol. The van der Waals surface area contributed by atoms with Gasteiger partial charge >= 0.3 is 0 Å². The Labute approximate surface area is 61.4 Å². The van der Waals surface area contributed by atoms with Crippen molar-refractivity contribution in [2.75, 3.05) is 0 Å². The van der Waals surface area contributed by atoms with E-state index in [-0.39, 0.29) is 0 Å². The van der Waals surface area contributed by atoms with E-state index in [2.05, 4.69) is 6.92 Å². The molecule has 0 aromatic carbocycles. The maximum absolute atomic E-state index is 12.2. The molecule has 0 amide bonds. The lowest BCUT2D eigenvalue weighted by molar-refractivity contribution is -0.0224. The van der Waals surface area contributed by atoms with E-state index in [1.807, 2.05) is 0 Å². The first-order chi connectivity index (χ1) is 5.00. The number of rotatable bonds is 4. The molecule has 0 nitrogen and oxygen atoms in total. The van der Waals surface area contributed by atoms with E-state index in [1.165, 1.54) is 0 Å². The fourth-order valence-electron chi connectivity index (χ4n) is 0.498. The third-order valence-corrected chi connectivity index (χ3v) is 1.17. The van der Waals surface area contributed by atoms with Gasteiger partial charge in [0.05, 0.1) is 0 Å². The molecule has 0 spiro atoms. The van der Waals surface area contributed by atoms with Gasteiger partial charge in [0.2, 0.25) is 0 Å². The number of hydrogen-bond donors (Lipinski definition) is 0. The Balaban J connectivity index is 3.90. The molecule has 0 N–H and O–H groups in total. The Morgan fingerprint density at radius 2 is 1.36 bits per heavy atom. The van der Waals surface area contributed by atoms with Crippen molar-refractivity contribution in [1.82, 2.24) is 0 Å². The normalized spacial score (nSPS) is 19.9. The summed E-state index contributed by atoms with van der Waals surface area (Å²) in [6, 6.07) is 0. The molecule has 0 bridgehead atoms. The molecule has 2 unspecified atom stereocenters. The van der Waals surface area contributed by atoms with Gasteiger partial charge in [0.25, 0.3) is 6.43 Å². The molecule has 0 heterocycles. The minimum Gasteiger partial charge on any atom is -0.244 e. The van der Waals surface area contributed by atoms with Crippen LogP contribution in [-0.4, -0.2) is 24.9 Å². The lowest BCUT2D eigenvalue weighted by atomic mass is 10.1. The van der Waals surface area contributed by atoms with E-state index in [0.29, 0.717) is 0 Å². The van der Waals surface area contributed by atoms with Crippen LogP contribution in [-0.2, 0) is 0 Å². The highest BCUT2D eigenvalue weighted by atomic mass is 19.3. The SMILES string of the molecule is [CH2]CC(F)C(F)[C@H](F)C(F)F. The summed E-state index contributed by atoms with van der Waals surface area (Å²) in [5, 5.41) is 0. The van der Waals surface area contributed by atoms with Gasteiger partial charge < -0.3 is 0 Å². The monoisotopic (exact) mass is 175 g/mol. The van der Waals surface area contributed by atoms with Crippen molar-refractivity contribution < 1.29 is 22.0 Å². The molecule has 0 saturated heterocycles. The van der Waals surface area contributed by atoms with Crippen LogP contribution in [0.25, 0.3) is 0 Å². The van der Waals surface area contributed by atoms with Crippen molar-refractivity contribution in [3.63, 3.8) is 0 Å². The van der Waals surface area contributed by atoms with Crippen LogP contribution in [0.4, 0.5) is 22.0 Å². The van der Waals surface area contributed by atoms with Gasteiger partial charge in [-0.25, -0.2) is 22.0 Å². The van der Waals surface area contributed by atoms with Crippen LogP contribution < -0.4 is 0 Å². The Morgan fingerprint density at radius 1 is 0.909 bits per heavy atom. The quantitative estimate of drug-likeness (QED) is 0.576. The van der Waals surface area contributed by atoms with Crippen LogP contribution >= 0.6 is 0 Å². The molecule has 67 valence electrons. The highest BCUT2D eigenvalue weighted by Crippen LogP contribution is 2.19. The van der Waals surface area contributed by atoms with Crippen LogP contribution in [0.15, 0.2) is 0 Å². The Morgan fingerprint density at radius 3 is 1.64 bits per heavy atom. The maximum Gasteiger partial charge on any atom is 0.272 e. The second-order valence-electron chi connectivity index (χ2n) is 2.03. The van der Waals surface area contributed by atoms with Crippen molar-refractivity contribution in [3.8, 4) is 0 Å². The second kappa shape index (κ2) is 4.51. The molecule has 0 aromatic heterocycles. The summed E-state index contributed by atoms with van der Waals surface area (Å²) in [6.45, 7) is 2.92. The Bertz CT molecular complexity index is 105. The number of hydrogen-bond acceptors (Lipinski definition) is 0. The lowest BCUT2D eigenvalue weighted by Crippen LogP contribution is -2.32. The van der Waals surface area contributed by atoms with Crippen molar-refractivity contribution in [1.29, 1.82) is 0 Å². The standard InChI is InChI=1S/C6H8F5/c1-2-3(7)4(8)5(9)6(10)11/h3-6H,1-2H2/t3?,4?,5-/m0/s1. The van der Waals surface area contributed by atoms with E-state index in [4.69, 9.17) is 0 Å². The van der Waals surface area contributed by atoms with Crippen LogP contribution in [0.1, 0.15) is 6.42 Å². The molecule has 0 aliphatic carbocycles. The molecule has 1 radical (unpaired) electrons. The predicted octanol–water partition coefficient (Wildman–Crippen LogP) is 2.49. The van der Waals surface area contributed by atoms with Gasteiger partial charge in [-0.1, -0.05) is 6.92 Å². The second-order valence-corrected chi connectivity index (χ2v) is 2.03. The highest BCUT2D eigenvalue weighted by molar-refractivity contribution is 4.78. The van der Waals surface area contributed by atoms with Gasteiger partial charge in [-0.05, 0) is 6.42 Å². The molecule has 11 heavy (non-hydrogen) atoms. The molecule has 0 aliphatic heterocycles. The molecule has 0 aliphatic rings. The summed E-state index contributed by atoms with van der Waals surface area (Å²) in [6.07, 6.45) is -12.1. The van der Waals surface area contributed by atoms with Gasteiger partial charge in [0.1, 0.15) is 6.17 Å². The summed E-state index contributed by atoms with van der Waals surface area (Å²) in [7, 11) is 0. The van der Waals surface area contributed by atoms with Crippen LogP contribution in [0.5, 0.6) is 0 Å². The molecule has 5 heteroatoms. The first-order valence-corrected chi connectivity index (χ1v) is 3.00. The largest absolute Gasteiger partial charge is 0.272 e. The van der Waals surface area contributed by atoms with E-state index >= 15 is 0 Å². The summed E-state index contributed by atoms with van der Waals surface area (Å²) in [5.74, 6) is 0. The Hall–Kier alpha value is -0.350. The average Bonchev–Trinajstić information content (AvgIpc) is 2.00. The third kappa shape index (κ3) is 3.03. The maximum atomic E-state index is 12.2. The zero-order valence-electron chi connectivity index (χ0n) is 5.61.